The molecule has 0 spiro atoms. The summed E-state index contributed by atoms with van der Waals surface area (Å²) in [6.07, 6.45) is 67.5. The van der Waals surface area contributed by atoms with Crippen molar-refractivity contribution < 1.29 is 22.7 Å². The van der Waals surface area contributed by atoms with Crippen molar-refractivity contribution in [2.45, 2.75) is 327 Å². The van der Waals surface area contributed by atoms with Gasteiger partial charge in [-0.2, -0.15) is 0 Å². The van der Waals surface area contributed by atoms with Crippen LogP contribution in [0.15, 0.2) is 72.3 Å². The second-order valence-corrected chi connectivity index (χ2v) is 24.3. The van der Waals surface area contributed by atoms with Crippen LogP contribution in [0.2, 0.25) is 9.79 Å². The van der Waals surface area contributed by atoms with Gasteiger partial charge in [-0.3, -0.25) is 0 Å². The van der Waals surface area contributed by atoms with Crippen LogP contribution >= 0.6 is 0 Å². The average Bonchev–Trinajstić information content (AvgIpc) is 3.73. The zero-order valence-corrected chi connectivity index (χ0v) is 50.1. The number of aryl methyl sites for hydroxylation is 2. The van der Waals surface area contributed by atoms with Crippen molar-refractivity contribution in [1.82, 2.24) is 0 Å². The molecule has 2 nitrogen and oxygen atoms in total. The van der Waals surface area contributed by atoms with Gasteiger partial charge < -0.3 is 5.53 Å². The third-order valence-electron chi connectivity index (χ3n) is 15.0. The first-order valence-electron chi connectivity index (χ1n) is 31.8. The molecule has 0 aromatic heterocycles. The first kappa shape index (κ1) is 66.0. The van der Waals surface area contributed by atoms with Gasteiger partial charge in [0.25, 0.3) is 0 Å². The van der Waals surface area contributed by atoms with Crippen molar-refractivity contribution in [3.63, 3.8) is 0 Å². The molecule has 1 heterocycles. The number of allylic oxidation sites excluding steroid dienone is 4. The molecule has 0 radical (unpaired) electrons. The molecule has 0 saturated heterocycles. The normalized spacial score (nSPS) is 12.7. The molecule has 0 fully saturated rings. The van der Waals surface area contributed by atoms with Crippen molar-refractivity contribution in [3.8, 4) is 0 Å². The van der Waals surface area contributed by atoms with Crippen molar-refractivity contribution in [2.24, 2.45) is 0 Å². The van der Waals surface area contributed by atoms with Crippen LogP contribution in [0.4, 0.5) is 0 Å². The van der Waals surface area contributed by atoms with E-state index in [0.29, 0.717) is 0 Å². The summed E-state index contributed by atoms with van der Waals surface area (Å²) >= 11 is 1.07. The number of hydrogen-bond donors (Lipinski definition) is 0. The molecule has 2 aromatic carbocycles. The summed E-state index contributed by atoms with van der Waals surface area (Å²) in [5.74, 6) is 0. The van der Waals surface area contributed by atoms with Crippen molar-refractivity contribution in [2.75, 3.05) is 0 Å². The minimum atomic E-state index is 0.872. The summed E-state index contributed by atoms with van der Waals surface area (Å²) in [6, 6.07) is 17.9. The molecular weight excluding hydrogens is 963 g/mol. The summed E-state index contributed by atoms with van der Waals surface area (Å²) in [4.78, 5) is 3.01. The van der Waals surface area contributed by atoms with Gasteiger partial charge in [-0.15, -0.1) is 0 Å². The van der Waals surface area contributed by atoms with Gasteiger partial charge in [0.05, 0.1) is 5.57 Å². The van der Waals surface area contributed by atoms with E-state index in [-0.39, 0.29) is 0 Å². The SMILES string of the molecule is CCCCCCCCCCCCCCCCCCCCCCCCCCCC=CC1=C(c2ccc(CCCCCCCC)cc2)[N+](=[N-])C(c2ccc(CCCCCCCC)cc2)=C1.CCC[CH2][Pd][CH2]CCC. The third-order valence-corrected chi connectivity index (χ3v) is 17.2. The zero-order chi connectivity index (χ0) is 51.6. The summed E-state index contributed by atoms with van der Waals surface area (Å²) in [7, 11) is 0. The number of benzene rings is 2. The van der Waals surface area contributed by atoms with Gasteiger partial charge in [-0.25, -0.2) is 4.70 Å². The van der Waals surface area contributed by atoms with Crippen LogP contribution in [-0.4, -0.2) is 4.70 Å². The monoisotopic (exact) mass is 1080 g/mol. The summed E-state index contributed by atoms with van der Waals surface area (Å²) < 4.78 is 1.45. The Morgan fingerprint density at radius 3 is 1.01 bits per heavy atom. The Balaban J connectivity index is 0.00000179. The molecule has 0 atom stereocenters. The maximum absolute atomic E-state index is 11.7. The Kier molecular flexibility index (Phi) is 45.7. The fraction of sp³-hybridized carbons (Fsp3) is 0.739. The van der Waals surface area contributed by atoms with Crippen LogP contribution in [0.3, 0.4) is 0 Å². The molecule has 1 aliphatic heterocycles. The van der Waals surface area contributed by atoms with Gasteiger partial charge in [-0.05, 0) is 73.9 Å². The standard InChI is InChI=1S/C61H100N2.2C4H9.Pd/c1-4-7-10-13-16-17-18-19-20-21-22-23-24-25-26-27-28-29-30-31-32-33-34-35-36-39-42-45-59-54-60(57-50-46-55(47-51-57)43-40-37-14-11-8-5-2)63(62)61(59)58-52-48-56(49-53-58)44-41-38-15-12-9-6-3;2*1-3-4-2;/h42,45-54H,4-41,43-44H2,1-3H3;2*1,3-4H2,2H3;. The van der Waals surface area contributed by atoms with E-state index in [1.54, 1.807) is 0 Å². The Hall–Kier alpha value is -2.08. The van der Waals surface area contributed by atoms with Gasteiger partial charge in [0, 0.05) is 17.2 Å². The molecule has 2 aromatic rings. The van der Waals surface area contributed by atoms with Gasteiger partial charge >= 0.3 is 67.3 Å². The van der Waals surface area contributed by atoms with Crippen LogP contribution in [-0.2, 0) is 30.8 Å². The van der Waals surface area contributed by atoms with E-state index in [1.165, 1.54) is 289 Å². The third kappa shape index (κ3) is 35.2. The topological polar surface area (TPSA) is 25.3 Å². The van der Waals surface area contributed by atoms with E-state index < -0.39 is 0 Å². The summed E-state index contributed by atoms with van der Waals surface area (Å²) in [5, 5.41) is 0. The molecule has 0 aliphatic carbocycles. The first-order valence-corrected chi connectivity index (χ1v) is 34.0. The molecule has 0 saturated carbocycles. The van der Waals surface area contributed by atoms with Crippen LogP contribution in [0.25, 0.3) is 16.9 Å². The van der Waals surface area contributed by atoms with E-state index in [1.807, 2.05) is 0 Å². The molecule has 0 bridgehead atoms. The van der Waals surface area contributed by atoms with Crippen LogP contribution < -0.4 is 0 Å². The average molecular weight is 1080 g/mol. The maximum atomic E-state index is 11.7. The van der Waals surface area contributed by atoms with E-state index in [2.05, 4.69) is 101 Å². The van der Waals surface area contributed by atoms with E-state index >= 15 is 0 Å². The van der Waals surface area contributed by atoms with Gasteiger partial charge in [0.15, 0.2) is 0 Å². The van der Waals surface area contributed by atoms with Crippen LogP contribution in [0.5, 0.6) is 0 Å². The molecule has 3 heteroatoms. The van der Waals surface area contributed by atoms with Crippen molar-refractivity contribution >= 4 is 11.4 Å². The fourth-order valence-electron chi connectivity index (χ4n) is 10.1. The molecule has 0 unspecified atom stereocenters. The molecule has 0 N–H and O–H groups in total. The van der Waals surface area contributed by atoms with E-state index in [9.17, 15) is 5.53 Å². The molecular formula is C69H118N2Pd. The molecule has 414 valence electrons. The number of hydrogen-bond acceptors (Lipinski definition) is 0. The van der Waals surface area contributed by atoms with E-state index in [0.717, 1.165) is 65.3 Å². The Labute approximate surface area is 458 Å². The molecule has 0 amide bonds. The van der Waals surface area contributed by atoms with Crippen LogP contribution in [0, 0.1) is 0 Å². The Morgan fingerprint density at radius 2 is 0.667 bits per heavy atom. The Bertz CT molecular complexity index is 1590. The number of unbranched alkanes of at least 4 members (excludes halogenated alkanes) is 37. The van der Waals surface area contributed by atoms with Crippen molar-refractivity contribution in [3.05, 3.63) is 100 Å². The second-order valence-electron chi connectivity index (χ2n) is 21.9. The second kappa shape index (κ2) is 49.8. The number of nitrogens with zero attached hydrogens (tertiary/aromatic N) is 2. The number of rotatable bonds is 49. The zero-order valence-electron chi connectivity index (χ0n) is 48.6. The van der Waals surface area contributed by atoms with Gasteiger partial charge in [0.2, 0.25) is 11.4 Å². The summed E-state index contributed by atoms with van der Waals surface area (Å²) in [5.41, 5.74) is 19.6. The van der Waals surface area contributed by atoms with Gasteiger partial charge in [-0.1, -0.05) is 275 Å². The minimum absolute atomic E-state index is 0.872. The first-order chi connectivity index (χ1) is 35.6. The predicted molar refractivity (Wildman–Crippen MR) is 320 cm³/mol. The quantitative estimate of drug-likeness (QED) is 0.0358. The van der Waals surface area contributed by atoms with Crippen LogP contribution in [0.1, 0.15) is 327 Å². The summed E-state index contributed by atoms with van der Waals surface area (Å²) in [6.45, 7) is 11.4. The molecule has 3 rings (SSSR count). The molecule has 1 aliphatic rings. The van der Waals surface area contributed by atoms with Crippen molar-refractivity contribution in [1.29, 1.82) is 0 Å². The molecule has 72 heavy (non-hydrogen) atoms. The van der Waals surface area contributed by atoms with Gasteiger partial charge in [0.1, 0.15) is 0 Å². The van der Waals surface area contributed by atoms with E-state index in [4.69, 9.17) is 0 Å². The predicted octanol–water partition coefficient (Wildman–Crippen LogP) is 24.5. The Morgan fingerprint density at radius 1 is 0.361 bits per heavy atom. The fourth-order valence-corrected chi connectivity index (χ4v) is 12.4.